The first kappa shape index (κ1) is 12.2. The Balaban J connectivity index is 1.87. The molecule has 0 radical (unpaired) electrons. The summed E-state index contributed by atoms with van der Waals surface area (Å²) in [5.41, 5.74) is 1.36. The first-order chi connectivity index (χ1) is 7.76. The number of hydrogen-bond donors (Lipinski definition) is 0. The Hall–Kier alpha value is -0.300. The van der Waals surface area contributed by atoms with E-state index in [1.807, 2.05) is 0 Å². The summed E-state index contributed by atoms with van der Waals surface area (Å²) in [5.74, 6) is 0. The molecule has 1 saturated carbocycles. The van der Waals surface area contributed by atoms with Crippen molar-refractivity contribution in [2.45, 2.75) is 82.8 Å². The van der Waals surface area contributed by atoms with E-state index in [2.05, 4.69) is 13.5 Å². The minimum Gasteiger partial charge on any atom is -0.361 e. The van der Waals surface area contributed by atoms with E-state index in [9.17, 15) is 0 Å². The van der Waals surface area contributed by atoms with Gasteiger partial charge in [0.1, 0.15) is 5.60 Å². The van der Waals surface area contributed by atoms with Crippen molar-refractivity contribution >= 4 is 0 Å². The maximum absolute atomic E-state index is 5.98. The van der Waals surface area contributed by atoms with Crippen LogP contribution in [0.1, 0.15) is 71.1 Å². The molecule has 0 amide bonds. The third-order valence-electron chi connectivity index (χ3n) is 4.30. The third kappa shape index (κ3) is 2.68. The highest BCUT2D eigenvalue weighted by atomic mass is 16.6. The van der Waals surface area contributed by atoms with Gasteiger partial charge in [0, 0.05) is 0 Å². The fourth-order valence-corrected chi connectivity index (χ4v) is 3.10. The lowest BCUT2D eigenvalue weighted by Crippen LogP contribution is -2.16. The zero-order valence-electron chi connectivity index (χ0n) is 10.8. The zero-order chi connectivity index (χ0) is 11.4. The molecule has 1 heterocycles. The predicted octanol–water partition coefficient (Wildman–Crippen LogP) is 4.61. The molecule has 1 aliphatic heterocycles. The number of ether oxygens (including phenoxy) is 1. The Morgan fingerprint density at radius 2 is 1.56 bits per heavy atom. The molecule has 2 aliphatic rings. The molecule has 2 atom stereocenters. The van der Waals surface area contributed by atoms with Gasteiger partial charge in [0.2, 0.25) is 0 Å². The van der Waals surface area contributed by atoms with Crippen molar-refractivity contribution < 1.29 is 4.74 Å². The number of hydrogen-bond acceptors (Lipinski definition) is 1. The van der Waals surface area contributed by atoms with Gasteiger partial charge in [-0.3, -0.25) is 0 Å². The third-order valence-corrected chi connectivity index (χ3v) is 4.30. The quantitative estimate of drug-likeness (QED) is 0.466. The van der Waals surface area contributed by atoms with E-state index >= 15 is 0 Å². The molecule has 0 aromatic carbocycles. The summed E-state index contributed by atoms with van der Waals surface area (Å²) in [6.45, 7) is 6.28. The topological polar surface area (TPSA) is 12.5 Å². The molecule has 92 valence electrons. The Labute approximate surface area is 100 Å². The van der Waals surface area contributed by atoms with Crippen LogP contribution < -0.4 is 0 Å². The van der Waals surface area contributed by atoms with Crippen molar-refractivity contribution in [3.05, 3.63) is 12.2 Å². The van der Waals surface area contributed by atoms with Gasteiger partial charge < -0.3 is 4.74 Å². The lowest BCUT2D eigenvalue weighted by Gasteiger charge is -2.13. The van der Waals surface area contributed by atoms with Crippen molar-refractivity contribution in [1.29, 1.82) is 0 Å². The molecule has 1 nitrogen and oxygen atoms in total. The molecule has 0 aromatic rings. The minimum absolute atomic E-state index is 0.0964. The van der Waals surface area contributed by atoms with Gasteiger partial charge in [-0.2, -0.15) is 0 Å². The molecular formula is C15H26O. The highest BCUT2D eigenvalue weighted by molar-refractivity contribution is 5.23. The Bertz CT molecular complexity index is 246. The van der Waals surface area contributed by atoms with E-state index in [1.54, 1.807) is 0 Å². The molecule has 16 heavy (non-hydrogen) atoms. The van der Waals surface area contributed by atoms with Crippen LogP contribution in [-0.4, -0.2) is 11.7 Å². The van der Waals surface area contributed by atoms with Gasteiger partial charge in [-0.05, 0) is 25.3 Å². The number of rotatable bonds is 1. The summed E-state index contributed by atoms with van der Waals surface area (Å²) in [5, 5.41) is 0. The van der Waals surface area contributed by atoms with Crippen LogP contribution in [0, 0.1) is 0 Å². The molecule has 2 unspecified atom stereocenters. The Kier molecular flexibility index (Phi) is 4.07. The van der Waals surface area contributed by atoms with E-state index < -0.39 is 0 Å². The average molecular weight is 222 g/mol. The van der Waals surface area contributed by atoms with Crippen molar-refractivity contribution in [2.75, 3.05) is 0 Å². The maximum Gasteiger partial charge on any atom is 0.115 e. The lowest BCUT2D eigenvalue weighted by molar-refractivity contribution is 0.300. The van der Waals surface area contributed by atoms with Crippen molar-refractivity contribution in [3.63, 3.8) is 0 Å². The van der Waals surface area contributed by atoms with Gasteiger partial charge in [-0.1, -0.05) is 57.9 Å². The van der Waals surface area contributed by atoms with Crippen molar-refractivity contribution in [2.24, 2.45) is 0 Å². The van der Waals surface area contributed by atoms with Gasteiger partial charge in [0.05, 0.1) is 6.10 Å². The molecule has 0 bridgehead atoms. The van der Waals surface area contributed by atoms with Crippen LogP contribution in [0.25, 0.3) is 0 Å². The summed E-state index contributed by atoms with van der Waals surface area (Å²) in [6, 6.07) is 0. The second-order valence-electron chi connectivity index (χ2n) is 5.64. The number of epoxide rings is 1. The smallest absolute Gasteiger partial charge is 0.115 e. The van der Waals surface area contributed by atoms with Crippen LogP contribution in [0.4, 0.5) is 0 Å². The van der Waals surface area contributed by atoms with E-state index in [0.29, 0.717) is 6.10 Å². The van der Waals surface area contributed by atoms with Gasteiger partial charge in [-0.25, -0.2) is 0 Å². The highest BCUT2D eigenvalue weighted by Crippen LogP contribution is 2.48. The molecule has 1 aliphatic carbocycles. The van der Waals surface area contributed by atoms with Gasteiger partial charge in [0.25, 0.3) is 0 Å². The molecule has 0 N–H and O–H groups in total. The zero-order valence-corrected chi connectivity index (χ0v) is 10.8. The number of fused-ring (bicyclic) bond motifs is 1. The Morgan fingerprint density at radius 1 is 1.00 bits per heavy atom. The maximum atomic E-state index is 5.98. The molecule has 2 fully saturated rings. The van der Waals surface area contributed by atoms with E-state index in [1.165, 1.54) is 69.8 Å². The first-order valence-corrected chi connectivity index (χ1v) is 7.09. The predicted molar refractivity (Wildman–Crippen MR) is 68.6 cm³/mol. The van der Waals surface area contributed by atoms with Crippen LogP contribution in [0.3, 0.4) is 0 Å². The molecule has 0 aromatic heterocycles. The monoisotopic (exact) mass is 222 g/mol. The van der Waals surface area contributed by atoms with Crippen molar-refractivity contribution in [1.82, 2.24) is 0 Å². The van der Waals surface area contributed by atoms with E-state index in [0.717, 1.165) is 0 Å². The standard InChI is InChI=1S/C15H26O/c1-13(2)15-12-10-8-6-4-3-5-7-9-11-14(15)16-15/h14H,1,3-12H2,2H3. The summed E-state index contributed by atoms with van der Waals surface area (Å²) in [4.78, 5) is 0. The summed E-state index contributed by atoms with van der Waals surface area (Å²) in [6.07, 6.45) is 14.1. The highest BCUT2D eigenvalue weighted by Gasteiger charge is 2.55. The van der Waals surface area contributed by atoms with Gasteiger partial charge in [-0.15, -0.1) is 0 Å². The average Bonchev–Trinajstić information content (AvgIpc) is 2.93. The normalized spacial score (nSPS) is 36.7. The van der Waals surface area contributed by atoms with E-state index in [-0.39, 0.29) is 5.60 Å². The largest absolute Gasteiger partial charge is 0.361 e. The van der Waals surface area contributed by atoms with Crippen LogP contribution in [0.15, 0.2) is 12.2 Å². The molecule has 1 heteroatoms. The van der Waals surface area contributed by atoms with Crippen LogP contribution >= 0.6 is 0 Å². The fourth-order valence-electron chi connectivity index (χ4n) is 3.10. The SMILES string of the molecule is C=C(C)C12CCCCCCCCCCC1O2. The molecule has 0 spiro atoms. The van der Waals surface area contributed by atoms with Gasteiger partial charge >= 0.3 is 0 Å². The van der Waals surface area contributed by atoms with E-state index in [4.69, 9.17) is 4.74 Å². The second kappa shape index (κ2) is 5.35. The van der Waals surface area contributed by atoms with Crippen LogP contribution in [-0.2, 0) is 4.74 Å². The molecule has 1 saturated heterocycles. The lowest BCUT2D eigenvalue weighted by atomic mass is 9.88. The summed E-state index contributed by atoms with van der Waals surface area (Å²) >= 11 is 0. The summed E-state index contributed by atoms with van der Waals surface area (Å²) in [7, 11) is 0. The summed E-state index contributed by atoms with van der Waals surface area (Å²) < 4.78 is 5.98. The second-order valence-corrected chi connectivity index (χ2v) is 5.64. The Morgan fingerprint density at radius 3 is 2.19 bits per heavy atom. The van der Waals surface area contributed by atoms with Crippen molar-refractivity contribution in [3.8, 4) is 0 Å². The first-order valence-electron chi connectivity index (χ1n) is 7.09. The van der Waals surface area contributed by atoms with Crippen LogP contribution in [0.5, 0.6) is 0 Å². The molecule has 2 rings (SSSR count). The fraction of sp³-hybridized carbons (Fsp3) is 0.867. The van der Waals surface area contributed by atoms with Crippen LogP contribution in [0.2, 0.25) is 0 Å². The van der Waals surface area contributed by atoms with Gasteiger partial charge in [0.15, 0.2) is 0 Å². The minimum atomic E-state index is 0.0964. The molecular weight excluding hydrogens is 196 g/mol.